The fourth-order valence-corrected chi connectivity index (χ4v) is 3.53. The van der Waals surface area contributed by atoms with Crippen molar-refractivity contribution in [1.29, 1.82) is 0 Å². The fraction of sp³-hybridized carbons (Fsp3) is 0.217. The number of rotatable bonds is 6. The molecular weight excluding hydrogens is 364 g/mol. The molecule has 0 spiro atoms. The van der Waals surface area contributed by atoms with E-state index in [2.05, 4.69) is 9.67 Å². The molecule has 6 nitrogen and oxygen atoms in total. The predicted molar refractivity (Wildman–Crippen MR) is 111 cm³/mol. The first-order chi connectivity index (χ1) is 14.0. The first-order valence-corrected chi connectivity index (χ1v) is 9.56. The van der Waals surface area contributed by atoms with Gasteiger partial charge in [0.2, 0.25) is 0 Å². The van der Waals surface area contributed by atoms with Crippen LogP contribution in [0.1, 0.15) is 33.1 Å². The van der Waals surface area contributed by atoms with Gasteiger partial charge in [-0.1, -0.05) is 18.2 Å². The molecule has 0 atom stereocenters. The Kier molecular flexibility index (Phi) is 5.08. The summed E-state index contributed by atoms with van der Waals surface area (Å²) in [7, 11) is 1.82. The molecule has 0 unspecified atom stereocenters. The van der Waals surface area contributed by atoms with Crippen LogP contribution >= 0.6 is 0 Å². The second-order valence-electron chi connectivity index (χ2n) is 7.24. The highest BCUT2D eigenvalue weighted by atomic mass is 16.3. The van der Waals surface area contributed by atoms with Crippen LogP contribution in [0.15, 0.2) is 71.6 Å². The lowest BCUT2D eigenvalue weighted by molar-refractivity contribution is 0.0784. The number of benzene rings is 1. The number of aryl methyl sites for hydroxylation is 1. The number of nitrogens with zero attached hydrogens (tertiary/aromatic N) is 4. The lowest BCUT2D eigenvalue weighted by atomic mass is 10.2. The van der Waals surface area contributed by atoms with Crippen LogP contribution in [0, 0.1) is 13.8 Å². The van der Waals surface area contributed by atoms with Crippen molar-refractivity contribution in [3.05, 3.63) is 95.5 Å². The second kappa shape index (κ2) is 7.83. The molecule has 4 aromatic rings. The molecule has 3 aromatic heterocycles. The van der Waals surface area contributed by atoms with Crippen LogP contribution in [0.3, 0.4) is 0 Å². The molecule has 3 heterocycles. The highest BCUT2D eigenvalue weighted by molar-refractivity contribution is 5.95. The topological polar surface area (TPSA) is 56.2 Å². The van der Waals surface area contributed by atoms with Crippen LogP contribution in [0.4, 0.5) is 0 Å². The molecule has 0 bridgehead atoms. The monoisotopic (exact) mass is 388 g/mol. The number of carbonyl (C=O) groups is 1. The summed E-state index contributed by atoms with van der Waals surface area (Å²) in [5.41, 5.74) is 4.67. The van der Waals surface area contributed by atoms with E-state index in [1.54, 1.807) is 17.4 Å². The van der Waals surface area contributed by atoms with Gasteiger partial charge in [-0.25, -0.2) is 4.68 Å². The van der Waals surface area contributed by atoms with Gasteiger partial charge in [0.05, 0.1) is 30.3 Å². The Balaban J connectivity index is 1.49. The van der Waals surface area contributed by atoms with Crippen LogP contribution in [0.5, 0.6) is 0 Å². The maximum Gasteiger partial charge on any atom is 0.255 e. The van der Waals surface area contributed by atoms with Crippen molar-refractivity contribution in [3.8, 4) is 5.69 Å². The van der Waals surface area contributed by atoms with Crippen LogP contribution in [0.2, 0.25) is 0 Å². The van der Waals surface area contributed by atoms with Gasteiger partial charge < -0.3 is 13.9 Å². The van der Waals surface area contributed by atoms with E-state index in [4.69, 9.17) is 4.42 Å². The van der Waals surface area contributed by atoms with Crippen LogP contribution in [0.25, 0.3) is 5.69 Å². The first kappa shape index (κ1) is 18.8. The first-order valence-electron chi connectivity index (χ1n) is 9.56. The summed E-state index contributed by atoms with van der Waals surface area (Å²) >= 11 is 0. The Bertz CT molecular complexity index is 1110. The fourth-order valence-electron chi connectivity index (χ4n) is 3.53. The van der Waals surface area contributed by atoms with Crippen molar-refractivity contribution < 1.29 is 9.21 Å². The van der Waals surface area contributed by atoms with Crippen molar-refractivity contribution >= 4 is 5.91 Å². The second-order valence-corrected chi connectivity index (χ2v) is 7.24. The summed E-state index contributed by atoms with van der Waals surface area (Å²) in [6, 6.07) is 15.7. The van der Waals surface area contributed by atoms with E-state index >= 15 is 0 Å². The molecule has 0 saturated heterocycles. The lowest BCUT2D eigenvalue weighted by Gasteiger charge is -2.16. The van der Waals surface area contributed by atoms with Crippen molar-refractivity contribution in [1.82, 2.24) is 19.2 Å². The summed E-state index contributed by atoms with van der Waals surface area (Å²) < 4.78 is 9.38. The summed E-state index contributed by atoms with van der Waals surface area (Å²) in [6.45, 7) is 5.10. The maximum absolute atomic E-state index is 13.1. The number of amides is 1. The Hall–Kier alpha value is -3.54. The zero-order valence-corrected chi connectivity index (χ0v) is 16.9. The molecule has 1 amide bonds. The standard InChI is InChI=1S/C23H24N4O2/c1-17-12-22(18(2)26(17)16-21-10-7-11-29-21)23(28)25(3)14-19-13-24-27(15-19)20-8-5-4-6-9-20/h4-13,15H,14,16H2,1-3H3. The molecule has 29 heavy (non-hydrogen) atoms. The van der Waals surface area contributed by atoms with Gasteiger partial charge in [-0.3, -0.25) is 4.79 Å². The van der Waals surface area contributed by atoms with E-state index in [1.807, 2.05) is 80.3 Å². The molecule has 148 valence electrons. The summed E-state index contributed by atoms with van der Waals surface area (Å²) in [6.07, 6.45) is 5.43. The van der Waals surface area contributed by atoms with E-state index < -0.39 is 0 Å². The molecule has 0 aliphatic rings. The SMILES string of the molecule is Cc1cc(C(=O)N(C)Cc2cnn(-c3ccccc3)c2)c(C)n1Cc1ccco1. The molecule has 0 fully saturated rings. The van der Waals surface area contributed by atoms with Crippen LogP contribution in [-0.4, -0.2) is 32.2 Å². The number of hydrogen-bond donors (Lipinski definition) is 0. The Labute approximate surface area is 170 Å². The summed E-state index contributed by atoms with van der Waals surface area (Å²) in [5.74, 6) is 0.865. The normalized spacial score (nSPS) is 11.0. The maximum atomic E-state index is 13.1. The number of carbonyl (C=O) groups excluding carboxylic acids is 1. The van der Waals surface area contributed by atoms with Gasteiger partial charge in [0, 0.05) is 36.7 Å². The van der Waals surface area contributed by atoms with Gasteiger partial charge in [-0.2, -0.15) is 5.10 Å². The average Bonchev–Trinajstić information content (AvgIpc) is 3.46. The van der Waals surface area contributed by atoms with Crippen molar-refractivity contribution in [2.24, 2.45) is 0 Å². The molecule has 0 N–H and O–H groups in total. The zero-order valence-electron chi connectivity index (χ0n) is 16.9. The number of aromatic nitrogens is 3. The van der Waals surface area contributed by atoms with E-state index in [-0.39, 0.29) is 5.91 Å². The third kappa shape index (κ3) is 3.87. The minimum absolute atomic E-state index is 0.00347. The average molecular weight is 388 g/mol. The highest BCUT2D eigenvalue weighted by Gasteiger charge is 2.20. The molecule has 0 aliphatic carbocycles. The zero-order chi connectivity index (χ0) is 20.4. The number of furan rings is 1. The van der Waals surface area contributed by atoms with Gasteiger partial charge in [-0.05, 0) is 44.2 Å². The molecule has 1 aromatic carbocycles. The lowest BCUT2D eigenvalue weighted by Crippen LogP contribution is -2.26. The summed E-state index contributed by atoms with van der Waals surface area (Å²) in [4.78, 5) is 14.8. The molecule has 6 heteroatoms. The van der Waals surface area contributed by atoms with Gasteiger partial charge in [-0.15, -0.1) is 0 Å². The van der Waals surface area contributed by atoms with E-state index in [0.717, 1.165) is 28.4 Å². The summed E-state index contributed by atoms with van der Waals surface area (Å²) in [5, 5.41) is 4.41. The number of hydrogen-bond acceptors (Lipinski definition) is 3. The van der Waals surface area contributed by atoms with Crippen molar-refractivity contribution in [3.63, 3.8) is 0 Å². The smallest absolute Gasteiger partial charge is 0.255 e. The largest absolute Gasteiger partial charge is 0.467 e. The van der Waals surface area contributed by atoms with Crippen LogP contribution < -0.4 is 0 Å². The van der Waals surface area contributed by atoms with Crippen LogP contribution in [-0.2, 0) is 13.1 Å². The van der Waals surface area contributed by atoms with Gasteiger partial charge in [0.15, 0.2) is 0 Å². The molecule has 0 aliphatic heterocycles. The van der Waals surface area contributed by atoms with Gasteiger partial charge >= 0.3 is 0 Å². The minimum atomic E-state index is -0.00347. The quantitative estimate of drug-likeness (QED) is 0.497. The van der Waals surface area contributed by atoms with Crippen molar-refractivity contribution in [2.45, 2.75) is 26.9 Å². The third-order valence-electron chi connectivity index (χ3n) is 5.12. The van der Waals surface area contributed by atoms with Gasteiger partial charge in [0.1, 0.15) is 5.76 Å². The molecule has 4 rings (SSSR count). The Morgan fingerprint density at radius 1 is 1.14 bits per heavy atom. The van der Waals surface area contributed by atoms with Gasteiger partial charge in [0.25, 0.3) is 5.91 Å². The molecular formula is C23H24N4O2. The minimum Gasteiger partial charge on any atom is -0.467 e. The molecule has 0 saturated carbocycles. The van der Waals surface area contributed by atoms with E-state index in [0.29, 0.717) is 18.7 Å². The highest BCUT2D eigenvalue weighted by Crippen LogP contribution is 2.20. The molecule has 0 radical (unpaired) electrons. The van der Waals surface area contributed by atoms with Crippen molar-refractivity contribution in [2.75, 3.05) is 7.05 Å². The van der Waals surface area contributed by atoms with E-state index in [1.165, 1.54) is 0 Å². The number of para-hydroxylation sites is 1. The Morgan fingerprint density at radius 3 is 2.66 bits per heavy atom. The van der Waals surface area contributed by atoms with E-state index in [9.17, 15) is 4.79 Å². The predicted octanol–water partition coefficient (Wildman–Crippen LogP) is 4.20. The Morgan fingerprint density at radius 2 is 1.93 bits per heavy atom. The third-order valence-corrected chi connectivity index (χ3v) is 5.12.